The Morgan fingerprint density at radius 2 is 1.87 bits per heavy atom. The van der Waals surface area contributed by atoms with E-state index in [-0.39, 0.29) is 29.0 Å². The smallest absolute Gasteiger partial charge is 0.281 e. The number of nitrogens with one attached hydrogen (secondary N) is 1. The van der Waals surface area contributed by atoms with Gasteiger partial charge in [0.1, 0.15) is 16.4 Å². The molecule has 0 saturated heterocycles. The van der Waals surface area contributed by atoms with E-state index in [1.54, 1.807) is 0 Å². The number of hydrogen-bond acceptors (Lipinski definition) is 5. The van der Waals surface area contributed by atoms with E-state index in [0.717, 1.165) is 23.6 Å². The fourth-order valence-electron chi connectivity index (χ4n) is 3.12. The molecule has 30 heavy (non-hydrogen) atoms. The van der Waals surface area contributed by atoms with Crippen LogP contribution in [0.25, 0.3) is 11.0 Å². The van der Waals surface area contributed by atoms with Crippen LogP contribution in [0.15, 0.2) is 51.0 Å². The van der Waals surface area contributed by atoms with Crippen molar-refractivity contribution in [3.8, 4) is 0 Å². The second kappa shape index (κ2) is 8.88. The molecule has 0 bridgehead atoms. The Bertz CT molecular complexity index is 1270. The van der Waals surface area contributed by atoms with E-state index in [4.69, 9.17) is 0 Å². The summed E-state index contributed by atoms with van der Waals surface area (Å²) in [5, 5.41) is 0.00784. The molecule has 0 aliphatic carbocycles. The Hall–Kier alpha value is -2.85. The van der Waals surface area contributed by atoms with Crippen molar-refractivity contribution in [3.63, 3.8) is 0 Å². The number of benzene rings is 1. The fraction of sp³-hybridized carbons (Fsp3) is 0.350. The van der Waals surface area contributed by atoms with Crippen LogP contribution < -0.4 is 11.2 Å². The maximum Gasteiger partial charge on any atom is 0.329 e. The van der Waals surface area contributed by atoms with Gasteiger partial charge in [0.2, 0.25) is 10.0 Å². The lowest BCUT2D eigenvalue weighted by Gasteiger charge is -2.22. The number of unbranched alkanes of at least 4 members (excludes halogenated alkanes) is 2. The van der Waals surface area contributed by atoms with E-state index < -0.39 is 27.1 Å². The molecule has 0 atom stereocenters. The first-order valence-electron chi connectivity index (χ1n) is 9.57. The number of aromatic amines is 1. The van der Waals surface area contributed by atoms with Crippen LogP contribution in [0.3, 0.4) is 0 Å². The minimum atomic E-state index is -3.98. The summed E-state index contributed by atoms with van der Waals surface area (Å²) in [5.74, 6) is -0.400. The highest BCUT2D eigenvalue weighted by atomic mass is 32.2. The van der Waals surface area contributed by atoms with Crippen molar-refractivity contribution in [3.05, 3.63) is 68.7 Å². The number of H-pyrrole nitrogens is 1. The van der Waals surface area contributed by atoms with Crippen molar-refractivity contribution in [1.82, 2.24) is 18.8 Å². The molecule has 1 aromatic carbocycles. The van der Waals surface area contributed by atoms with E-state index in [2.05, 4.69) is 9.97 Å². The first kappa shape index (κ1) is 21.8. The number of aryl methyl sites for hydroxylation is 1. The molecule has 10 heteroatoms. The molecule has 160 valence electrons. The lowest BCUT2D eigenvalue weighted by molar-refractivity contribution is 0.394. The van der Waals surface area contributed by atoms with Gasteiger partial charge in [-0.3, -0.25) is 14.3 Å². The van der Waals surface area contributed by atoms with Gasteiger partial charge < -0.3 is 0 Å². The Labute approximate surface area is 173 Å². The third-order valence-electron chi connectivity index (χ3n) is 4.85. The van der Waals surface area contributed by atoms with Crippen molar-refractivity contribution in [2.75, 3.05) is 6.54 Å². The summed E-state index contributed by atoms with van der Waals surface area (Å²) in [6.07, 6.45) is 3.58. The first-order valence-corrected chi connectivity index (χ1v) is 11.0. The molecule has 0 radical (unpaired) electrons. The van der Waals surface area contributed by atoms with Crippen LogP contribution >= 0.6 is 0 Å². The molecule has 2 heterocycles. The van der Waals surface area contributed by atoms with Crippen molar-refractivity contribution in [2.45, 2.75) is 37.6 Å². The number of rotatable bonds is 8. The Morgan fingerprint density at radius 1 is 1.17 bits per heavy atom. The number of fused-ring (bicyclic) bond motifs is 1. The Balaban J connectivity index is 2.03. The van der Waals surface area contributed by atoms with Gasteiger partial charge in [0.15, 0.2) is 0 Å². The Kier molecular flexibility index (Phi) is 6.47. The highest BCUT2D eigenvalue weighted by Gasteiger charge is 2.26. The minimum absolute atomic E-state index is 0.00784. The molecule has 3 aromatic rings. The number of pyridine rings is 1. The Morgan fingerprint density at radius 3 is 2.53 bits per heavy atom. The summed E-state index contributed by atoms with van der Waals surface area (Å²) in [6, 6.07) is 6.87. The highest BCUT2D eigenvalue weighted by molar-refractivity contribution is 7.89. The van der Waals surface area contributed by atoms with Crippen LogP contribution in [0.1, 0.15) is 31.7 Å². The van der Waals surface area contributed by atoms with E-state index in [1.165, 1.54) is 41.7 Å². The molecule has 3 rings (SSSR count). The van der Waals surface area contributed by atoms with E-state index in [9.17, 15) is 22.4 Å². The van der Waals surface area contributed by atoms with Crippen LogP contribution in [-0.4, -0.2) is 33.8 Å². The predicted molar refractivity (Wildman–Crippen MR) is 111 cm³/mol. The van der Waals surface area contributed by atoms with Crippen molar-refractivity contribution in [1.29, 1.82) is 0 Å². The molecule has 0 spiro atoms. The van der Waals surface area contributed by atoms with Crippen LogP contribution in [0.4, 0.5) is 4.39 Å². The predicted octanol–water partition coefficient (Wildman–Crippen LogP) is 2.14. The number of sulfonamides is 1. The van der Waals surface area contributed by atoms with Gasteiger partial charge in [0, 0.05) is 26.3 Å². The second-order valence-corrected chi connectivity index (χ2v) is 8.97. The van der Waals surface area contributed by atoms with E-state index in [1.807, 2.05) is 6.92 Å². The number of nitrogens with zero attached hydrogens (tertiary/aromatic N) is 3. The lowest BCUT2D eigenvalue weighted by Crippen LogP contribution is -2.32. The average Bonchev–Trinajstić information content (AvgIpc) is 2.72. The molecule has 2 aromatic heterocycles. The third kappa shape index (κ3) is 4.49. The summed E-state index contributed by atoms with van der Waals surface area (Å²) in [4.78, 5) is 30.0. The second-order valence-electron chi connectivity index (χ2n) is 7.03. The summed E-state index contributed by atoms with van der Waals surface area (Å²) in [7, 11) is -2.55. The van der Waals surface area contributed by atoms with Gasteiger partial charge in [-0.25, -0.2) is 22.6 Å². The van der Waals surface area contributed by atoms with Crippen molar-refractivity contribution in [2.24, 2.45) is 7.05 Å². The molecule has 0 aliphatic rings. The summed E-state index contributed by atoms with van der Waals surface area (Å²) >= 11 is 0. The fourth-order valence-corrected chi connectivity index (χ4v) is 4.56. The molecule has 8 nitrogen and oxygen atoms in total. The monoisotopic (exact) mass is 434 g/mol. The van der Waals surface area contributed by atoms with Crippen LogP contribution in [0, 0.1) is 5.82 Å². The SMILES string of the molecule is CCCCCN(Cc1ccc(F)cc1)S(=O)(=O)c1cnc2c(c1)c(=O)[nH]c(=O)n2C. The number of aromatic nitrogens is 3. The van der Waals surface area contributed by atoms with Crippen LogP contribution in [0.2, 0.25) is 0 Å². The van der Waals surface area contributed by atoms with Gasteiger partial charge in [-0.2, -0.15) is 4.31 Å². The quantitative estimate of drug-likeness (QED) is 0.547. The van der Waals surface area contributed by atoms with E-state index >= 15 is 0 Å². The normalized spacial score (nSPS) is 12.0. The largest absolute Gasteiger partial charge is 0.329 e. The van der Waals surface area contributed by atoms with E-state index in [0.29, 0.717) is 12.0 Å². The van der Waals surface area contributed by atoms with Gasteiger partial charge >= 0.3 is 5.69 Å². The average molecular weight is 434 g/mol. The lowest BCUT2D eigenvalue weighted by atomic mass is 10.2. The third-order valence-corrected chi connectivity index (χ3v) is 6.66. The zero-order valence-corrected chi connectivity index (χ0v) is 17.6. The standard InChI is InChI=1S/C20H23FN4O4S/c1-3-4-5-10-25(13-14-6-8-15(21)9-7-14)30(28,29)16-11-17-18(22-12-16)24(2)20(27)23-19(17)26/h6-9,11-12H,3-5,10,13H2,1-2H3,(H,23,26,27). The van der Waals surface area contributed by atoms with Gasteiger partial charge in [0.05, 0.1) is 5.39 Å². The molecule has 1 N–H and O–H groups in total. The van der Waals surface area contributed by atoms with Gasteiger partial charge in [0.25, 0.3) is 5.56 Å². The molecular weight excluding hydrogens is 411 g/mol. The maximum absolute atomic E-state index is 13.3. The molecule has 0 aliphatic heterocycles. The summed E-state index contributed by atoms with van der Waals surface area (Å²) < 4.78 is 42.3. The van der Waals surface area contributed by atoms with Crippen molar-refractivity contribution >= 4 is 21.1 Å². The topological polar surface area (TPSA) is 105 Å². The van der Waals surface area contributed by atoms with Crippen LogP contribution in [0.5, 0.6) is 0 Å². The number of hydrogen-bond donors (Lipinski definition) is 1. The number of halogens is 1. The molecule has 0 fully saturated rings. The molecule has 0 unspecified atom stereocenters. The highest BCUT2D eigenvalue weighted by Crippen LogP contribution is 2.21. The summed E-state index contributed by atoms with van der Waals surface area (Å²) in [5.41, 5.74) is -0.592. The zero-order valence-electron chi connectivity index (χ0n) is 16.8. The van der Waals surface area contributed by atoms with Crippen LogP contribution in [-0.2, 0) is 23.6 Å². The zero-order chi connectivity index (χ0) is 21.9. The van der Waals surface area contributed by atoms with Gasteiger partial charge in [-0.05, 0) is 30.2 Å². The first-order chi connectivity index (χ1) is 14.2. The van der Waals surface area contributed by atoms with Gasteiger partial charge in [-0.15, -0.1) is 0 Å². The van der Waals surface area contributed by atoms with Crippen molar-refractivity contribution < 1.29 is 12.8 Å². The molecule has 0 amide bonds. The molecular formula is C20H23FN4O4S. The summed E-state index contributed by atoms with van der Waals surface area (Å²) in [6.45, 7) is 2.35. The maximum atomic E-state index is 13.3. The van der Waals surface area contributed by atoms with Gasteiger partial charge in [-0.1, -0.05) is 31.9 Å². The minimum Gasteiger partial charge on any atom is -0.281 e. The molecule has 0 saturated carbocycles.